The lowest BCUT2D eigenvalue weighted by Crippen LogP contribution is -2.48. The second-order valence-corrected chi connectivity index (χ2v) is 10.6. The summed E-state index contributed by atoms with van der Waals surface area (Å²) in [6.07, 6.45) is 5.03. The van der Waals surface area contributed by atoms with E-state index in [9.17, 15) is 14.0 Å². The van der Waals surface area contributed by atoms with Gasteiger partial charge in [0, 0.05) is 28.0 Å². The summed E-state index contributed by atoms with van der Waals surface area (Å²) in [4.78, 5) is 31.9. The molecule has 1 heterocycles. The highest BCUT2D eigenvalue weighted by molar-refractivity contribution is 7.10. The van der Waals surface area contributed by atoms with Crippen LogP contribution in [-0.2, 0) is 17.9 Å². The van der Waals surface area contributed by atoms with Crippen LogP contribution in [0.3, 0.4) is 0 Å². The van der Waals surface area contributed by atoms with Gasteiger partial charge in [0.15, 0.2) is 0 Å². The monoisotopic (exact) mass is 512 g/mol. The molecule has 4 rings (SSSR count). The molecule has 4 nitrogen and oxygen atoms in total. The summed E-state index contributed by atoms with van der Waals surface area (Å²) < 4.78 is 13.5. The molecule has 1 aliphatic carbocycles. The first-order chi connectivity index (χ1) is 16.9. The molecule has 2 aromatic carbocycles. The van der Waals surface area contributed by atoms with Gasteiger partial charge in [-0.15, -0.1) is 11.3 Å². The van der Waals surface area contributed by atoms with Gasteiger partial charge in [0.05, 0.1) is 6.54 Å². The molecule has 0 radical (unpaired) electrons. The Labute approximate surface area is 215 Å². The number of aryl methyl sites for hydroxylation is 1. The van der Waals surface area contributed by atoms with E-state index < -0.39 is 0 Å². The van der Waals surface area contributed by atoms with E-state index in [4.69, 9.17) is 11.6 Å². The predicted molar refractivity (Wildman–Crippen MR) is 139 cm³/mol. The smallest absolute Gasteiger partial charge is 0.254 e. The maximum absolute atomic E-state index is 13.7. The minimum atomic E-state index is -0.309. The van der Waals surface area contributed by atoms with Gasteiger partial charge in [-0.25, -0.2) is 4.39 Å². The molecule has 1 aromatic heterocycles. The van der Waals surface area contributed by atoms with Crippen LogP contribution in [0, 0.1) is 12.7 Å². The summed E-state index contributed by atoms with van der Waals surface area (Å²) in [5.41, 5.74) is 2.47. The number of nitrogens with zero attached hydrogens (tertiary/aromatic N) is 2. The Hall–Kier alpha value is -2.70. The Morgan fingerprint density at radius 2 is 1.77 bits per heavy atom. The van der Waals surface area contributed by atoms with E-state index in [1.54, 1.807) is 57.5 Å². The molecule has 1 saturated carbocycles. The van der Waals surface area contributed by atoms with Crippen LogP contribution >= 0.6 is 22.9 Å². The minimum Gasteiger partial charge on any atom is -0.332 e. The maximum atomic E-state index is 13.7. The van der Waals surface area contributed by atoms with Crippen molar-refractivity contribution in [2.24, 2.45) is 0 Å². The fourth-order valence-corrected chi connectivity index (χ4v) is 5.69. The highest BCUT2D eigenvalue weighted by Crippen LogP contribution is 2.26. The van der Waals surface area contributed by atoms with Gasteiger partial charge >= 0.3 is 0 Å². The fraction of sp³-hybridized carbons (Fsp3) is 0.357. The quantitative estimate of drug-likeness (QED) is 0.331. The fourth-order valence-electron chi connectivity index (χ4n) is 4.57. The van der Waals surface area contributed by atoms with Crippen LogP contribution in [0.5, 0.6) is 0 Å². The summed E-state index contributed by atoms with van der Waals surface area (Å²) in [6.45, 7) is 2.83. The molecule has 1 fully saturated rings. The molecule has 0 unspecified atom stereocenters. The molecule has 184 valence electrons. The van der Waals surface area contributed by atoms with Crippen molar-refractivity contribution in [2.45, 2.75) is 58.2 Å². The van der Waals surface area contributed by atoms with Crippen molar-refractivity contribution in [3.05, 3.63) is 92.4 Å². The lowest BCUT2D eigenvalue weighted by molar-refractivity contribution is -0.133. The van der Waals surface area contributed by atoms with Crippen LogP contribution in [0.15, 0.2) is 60.0 Å². The Bertz CT molecular complexity index is 1160. The molecule has 0 spiro atoms. The molecule has 35 heavy (non-hydrogen) atoms. The van der Waals surface area contributed by atoms with Crippen molar-refractivity contribution >= 4 is 34.8 Å². The number of amides is 2. The normalized spacial score (nSPS) is 14.0. The Morgan fingerprint density at radius 3 is 2.43 bits per heavy atom. The molecule has 7 heteroatoms. The number of hydrogen-bond donors (Lipinski definition) is 0. The highest BCUT2D eigenvalue weighted by Gasteiger charge is 2.30. The van der Waals surface area contributed by atoms with Crippen LogP contribution in [0.25, 0.3) is 0 Å². The minimum absolute atomic E-state index is 0.00162. The van der Waals surface area contributed by atoms with E-state index in [0.717, 1.165) is 48.1 Å². The van der Waals surface area contributed by atoms with Gasteiger partial charge in [0.25, 0.3) is 5.91 Å². The van der Waals surface area contributed by atoms with Crippen molar-refractivity contribution in [3.8, 4) is 0 Å². The van der Waals surface area contributed by atoms with Crippen molar-refractivity contribution in [2.75, 3.05) is 6.54 Å². The van der Waals surface area contributed by atoms with Crippen molar-refractivity contribution < 1.29 is 14.0 Å². The van der Waals surface area contributed by atoms with Gasteiger partial charge in [-0.05, 0) is 72.7 Å². The molecule has 0 atom stereocenters. The zero-order valence-electron chi connectivity index (χ0n) is 19.9. The molecule has 0 N–H and O–H groups in total. The third-order valence-electron chi connectivity index (χ3n) is 6.60. The third-order valence-corrected chi connectivity index (χ3v) is 7.84. The van der Waals surface area contributed by atoms with Gasteiger partial charge in [0.2, 0.25) is 5.91 Å². The summed E-state index contributed by atoms with van der Waals surface area (Å²) >= 11 is 7.77. The van der Waals surface area contributed by atoms with Crippen LogP contribution in [0.4, 0.5) is 4.39 Å². The summed E-state index contributed by atoms with van der Waals surface area (Å²) in [5, 5.41) is 2.51. The zero-order chi connectivity index (χ0) is 24.8. The van der Waals surface area contributed by atoms with Crippen molar-refractivity contribution in [3.63, 3.8) is 0 Å². The number of hydrogen-bond acceptors (Lipinski definition) is 3. The van der Waals surface area contributed by atoms with E-state index in [2.05, 4.69) is 0 Å². The summed E-state index contributed by atoms with van der Waals surface area (Å²) in [6, 6.07) is 15.2. The third kappa shape index (κ3) is 6.71. The van der Waals surface area contributed by atoms with Crippen LogP contribution in [0.1, 0.15) is 58.5 Å². The Morgan fingerprint density at radius 1 is 1.03 bits per heavy atom. The first-order valence-corrected chi connectivity index (χ1v) is 13.3. The number of carbonyl (C=O) groups excluding carboxylic acids is 2. The van der Waals surface area contributed by atoms with E-state index in [-0.39, 0.29) is 30.2 Å². The zero-order valence-corrected chi connectivity index (χ0v) is 21.5. The summed E-state index contributed by atoms with van der Waals surface area (Å²) in [7, 11) is 0. The molecular weight excluding hydrogens is 483 g/mol. The standard InChI is InChI=1S/C28H30ClFN2O2S/c1-20-14-15-35-26(20)18-31(17-21-10-12-24(30)13-11-21)27(33)19-32(25-8-3-2-4-9-25)28(34)22-6-5-7-23(29)16-22/h5-7,10-16,25H,2-4,8-9,17-19H2,1H3. The number of thiophene rings is 1. The lowest BCUT2D eigenvalue weighted by atomic mass is 9.93. The summed E-state index contributed by atoms with van der Waals surface area (Å²) in [5.74, 6) is -0.596. The van der Waals surface area contributed by atoms with Gasteiger partial charge < -0.3 is 9.80 Å². The number of rotatable bonds is 8. The van der Waals surface area contributed by atoms with E-state index in [0.29, 0.717) is 23.7 Å². The van der Waals surface area contributed by atoms with Gasteiger partial charge in [0.1, 0.15) is 12.4 Å². The molecule has 1 aliphatic rings. The first-order valence-electron chi connectivity index (χ1n) is 12.0. The average Bonchev–Trinajstić information content (AvgIpc) is 3.27. The average molecular weight is 513 g/mol. The maximum Gasteiger partial charge on any atom is 0.254 e. The molecule has 0 saturated heterocycles. The second kappa shape index (κ2) is 11.8. The molecule has 0 aliphatic heterocycles. The molecule has 2 amide bonds. The van der Waals surface area contributed by atoms with Gasteiger partial charge in [-0.3, -0.25) is 9.59 Å². The molecule has 0 bridgehead atoms. The van der Waals surface area contributed by atoms with Crippen molar-refractivity contribution in [1.29, 1.82) is 0 Å². The topological polar surface area (TPSA) is 40.6 Å². The van der Waals surface area contributed by atoms with Crippen LogP contribution in [0.2, 0.25) is 5.02 Å². The largest absolute Gasteiger partial charge is 0.332 e. The number of carbonyl (C=O) groups is 2. The number of halogens is 2. The second-order valence-electron chi connectivity index (χ2n) is 9.14. The van der Waals surface area contributed by atoms with Gasteiger partial charge in [-0.1, -0.05) is 49.1 Å². The van der Waals surface area contributed by atoms with Crippen LogP contribution in [-0.4, -0.2) is 34.2 Å². The van der Waals surface area contributed by atoms with Crippen LogP contribution < -0.4 is 0 Å². The number of benzene rings is 2. The lowest BCUT2D eigenvalue weighted by Gasteiger charge is -2.35. The first kappa shape index (κ1) is 25.4. The Kier molecular flexibility index (Phi) is 8.58. The Balaban J connectivity index is 1.59. The SMILES string of the molecule is Cc1ccsc1CN(Cc1ccc(F)cc1)C(=O)CN(C(=O)c1cccc(Cl)c1)C1CCCCC1. The van der Waals surface area contributed by atoms with Gasteiger partial charge in [-0.2, -0.15) is 0 Å². The molecular formula is C28H30ClFN2O2S. The van der Waals surface area contributed by atoms with E-state index >= 15 is 0 Å². The molecule has 3 aromatic rings. The van der Waals surface area contributed by atoms with E-state index in [1.807, 2.05) is 18.4 Å². The predicted octanol–water partition coefficient (Wildman–Crippen LogP) is 6.85. The van der Waals surface area contributed by atoms with E-state index in [1.165, 1.54) is 12.1 Å². The highest BCUT2D eigenvalue weighted by atomic mass is 35.5. The van der Waals surface area contributed by atoms with Crippen molar-refractivity contribution in [1.82, 2.24) is 9.80 Å².